The van der Waals surface area contributed by atoms with Crippen molar-refractivity contribution in [3.05, 3.63) is 80.6 Å². The van der Waals surface area contributed by atoms with Crippen LogP contribution >= 0.6 is 0 Å². The number of hydrogen-bond donors (Lipinski definition) is 3. The molecule has 0 spiro atoms. The molecule has 0 unspecified atom stereocenters. The zero-order valence-electron chi connectivity index (χ0n) is 22.0. The molecule has 43 heavy (non-hydrogen) atoms. The van der Waals surface area contributed by atoms with Crippen LogP contribution in [0.3, 0.4) is 0 Å². The van der Waals surface area contributed by atoms with Gasteiger partial charge in [0.15, 0.2) is 11.9 Å². The molecular weight excluding hydrogens is 596 g/mol. The number of anilines is 1. The lowest BCUT2D eigenvalue weighted by Gasteiger charge is -2.20. The summed E-state index contributed by atoms with van der Waals surface area (Å²) in [5.74, 6) is -1.13. The highest BCUT2D eigenvalue weighted by Crippen LogP contribution is 2.32. The number of benzene rings is 1. The Labute approximate surface area is 236 Å². The predicted molar refractivity (Wildman–Crippen MR) is 137 cm³/mol. The number of aliphatic hydroxyl groups excluding tert-OH is 1. The van der Waals surface area contributed by atoms with Gasteiger partial charge in [-0.3, -0.25) is 9.59 Å². The third kappa shape index (κ3) is 7.33. The minimum absolute atomic E-state index is 0.0437. The third-order valence-electron chi connectivity index (χ3n) is 6.36. The number of rotatable bonds is 9. The summed E-state index contributed by atoms with van der Waals surface area (Å²) in [6.07, 6.45) is -11.4. The van der Waals surface area contributed by atoms with Gasteiger partial charge in [0.2, 0.25) is 0 Å². The Kier molecular flexibility index (Phi) is 8.84. The number of aliphatic hydroxyl groups is 1. The summed E-state index contributed by atoms with van der Waals surface area (Å²) in [5, 5.41) is 16.7. The Morgan fingerprint density at radius 3 is 2.37 bits per heavy atom. The second-order valence-electron chi connectivity index (χ2n) is 9.73. The fourth-order valence-corrected chi connectivity index (χ4v) is 4.34. The Morgan fingerprint density at radius 2 is 1.74 bits per heavy atom. The molecule has 3 aromatic heterocycles. The van der Waals surface area contributed by atoms with E-state index in [1.54, 1.807) is 5.10 Å². The number of alkyl halides is 7. The van der Waals surface area contributed by atoms with Crippen LogP contribution in [0, 0.1) is 5.82 Å². The van der Waals surface area contributed by atoms with E-state index in [1.165, 1.54) is 25.3 Å². The first-order valence-electron chi connectivity index (χ1n) is 12.5. The predicted octanol–water partition coefficient (Wildman–Crippen LogP) is 4.39. The third-order valence-corrected chi connectivity index (χ3v) is 6.36. The van der Waals surface area contributed by atoms with Crippen molar-refractivity contribution < 1.29 is 40.2 Å². The number of H-pyrrole nitrogens is 1. The van der Waals surface area contributed by atoms with E-state index in [2.05, 4.69) is 20.4 Å². The van der Waals surface area contributed by atoms with Crippen molar-refractivity contribution in [1.82, 2.24) is 24.7 Å². The summed E-state index contributed by atoms with van der Waals surface area (Å²) >= 11 is 0. The summed E-state index contributed by atoms with van der Waals surface area (Å²) in [4.78, 5) is 32.3. The first kappa shape index (κ1) is 31.5. The number of nitrogens with zero attached hydrogens (tertiary/aromatic N) is 4. The molecule has 0 saturated heterocycles. The molecular formula is C26H22F8N6O3. The van der Waals surface area contributed by atoms with Crippen LogP contribution < -0.4 is 16.4 Å². The molecule has 1 aromatic carbocycles. The fraction of sp³-hybridized carbons (Fsp3) is 0.346. The minimum atomic E-state index is -4.99. The van der Waals surface area contributed by atoms with Crippen molar-refractivity contribution in [1.29, 1.82) is 0 Å². The van der Waals surface area contributed by atoms with Gasteiger partial charge in [0.05, 0.1) is 29.4 Å². The van der Waals surface area contributed by atoms with Crippen LogP contribution in [0.4, 0.5) is 40.8 Å². The largest absolute Gasteiger partial charge is 0.423 e. The van der Waals surface area contributed by atoms with Gasteiger partial charge in [-0.15, -0.1) is 0 Å². The van der Waals surface area contributed by atoms with Crippen molar-refractivity contribution in [2.45, 2.75) is 57.0 Å². The average molecular weight is 618 g/mol. The molecule has 9 nitrogen and oxygen atoms in total. The molecule has 0 radical (unpaired) electrons. The lowest BCUT2D eigenvalue weighted by atomic mass is 10.1. The van der Waals surface area contributed by atoms with E-state index in [4.69, 9.17) is 0 Å². The molecule has 0 aliphatic rings. The first-order chi connectivity index (χ1) is 20.0. The molecule has 4 rings (SSSR count). The van der Waals surface area contributed by atoms with E-state index < -0.39 is 71.8 Å². The molecule has 0 bridgehead atoms. The smallest absolute Gasteiger partial charge is 0.383 e. The summed E-state index contributed by atoms with van der Waals surface area (Å²) in [7, 11) is 0. The van der Waals surface area contributed by atoms with Gasteiger partial charge >= 0.3 is 12.4 Å². The fourth-order valence-electron chi connectivity index (χ4n) is 4.34. The Morgan fingerprint density at radius 1 is 1.07 bits per heavy atom. The molecule has 3 N–H and O–H groups in total. The summed E-state index contributed by atoms with van der Waals surface area (Å²) in [6.45, 7) is 0.860. The first-order valence-corrected chi connectivity index (χ1v) is 12.5. The van der Waals surface area contributed by atoms with E-state index in [9.17, 15) is 49.8 Å². The van der Waals surface area contributed by atoms with E-state index >= 15 is 0 Å². The highest BCUT2D eigenvalue weighted by atomic mass is 19.4. The van der Waals surface area contributed by atoms with E-state index in [0.717, 1.165) is 29.2 Å². The van der Waals surface area contributed by atoms with Crippen LogP contribution in [0.25, 0.3) is 22.2 Å². The maximum atomic E-state index is 15.0. The van der Waals surface area contributed by atoms with Gasteiger partial charge in [0.1, 0.15) is 17.6 Å². The van der Waals surface area contributed by atoms with Gasteiger partial charge in [-0.2, -0.15) is 31.4 Å². The second kappa shape index (κ2) is 12.1. The number of hydrogen-bond acceptors (Lipinski definition) is 7. The lowest BCUT2D eigenvalue weighted by Crippen LogP contribution is -2.30. The molecule has 4 aromatic rings. The van der Waals surface area contributed by atoms with E-state index in [1.807, 2.05) is 0 Å². The van der Waals surface area contributed by atoms with Crippen LogP contribution in [0.15, 0.2) is 52.6 Å². The molecule has 3 atom stereocenters. The van der Waals surface area contributed by atoms with E-state index in [0.29, 0.717) is 0 Å². The normalized spacial score (nSPS) is 14.5. The summed E-state index contributed by atoms with van der Waals surface area (Å²) in [5.41, 5.74) is -4.59. The second-order valence-corrected chi connectivity index (χ2v) is 9.73. The quantitative estimate of drug-likeness (QED) is 0.238. The van der Waals surface area contributed by atoms with Crippen molar-refractivity contribution in [3.8, 4) is 11.4 Å². The van der Waals surface area contributed by atoms with Crippen molar-refractivity contribution in [3.63, 3.8) is 0 Å². The van der Waals surface area contributed by atoms with Gasteiger partial charge in [0.25, 0.3) is 11.1 Å². The van der Waals surface area contributed by atoms with Gasteiger partial charge in [-0.05, 0) is 36.1 Å². The van der Waals surface area contributed by atoms with Gasteiger partial charge in [0, 0.05) is 37.5 Å². The molecule has 3 heterocycles. The average Bonchev–Trinajstić information content (AvgIpc) is 2.89. The Hall–Kier alpha value is -4.41. The van der Waals surface area contributed by atoms with Crippen molar-refractivity contribution >= 4 is 16.5 Å². The van der Waals surface area contributed by atoms with Crippen LogP contribution in [0.2, 0.25) is 0 Å². The van der Waals surface area contributed by atoms with Crippen molar-refractivity contribution in [2.24, 2.45) is 0 Å². The topological polar surface area (TPSA) is 126 Å². The molecule has 17 heteroatoms. The number of pyridine rings is 1. The molecule has 0 amide bonds. The minimum Gasteiger partial charge on any atom is -0.383 e. The SMILES string of the molecule is C[C@H](C[C@H](F)Cn1ccc2cc(-c3ncc(C[C@@H](O)C(F)(F)F)cn3)c(F)cc2c1=O)Nc1cn[nH]c(=O)c1C(F)(F)F. The standard InChI is InChI=1S/C26H22F8N6O3/c1-12(38-19-10-37-39-23(42)21(19)26(32,33)34)4-15(27)11-40-3-2-14-6-17(18(28)7-16(14)24(40)43)22-35-8-13(9-36-22)5-20(41)25(29,30)31/h2-3,6-10,12,15,20,41H,4-5,11H2,1H3,(H2,38,39,42)/t12-,15+,20-/m1/s1. The molecule has 0 saturated carbocycles. The zero-order valence-corrected chi connectivity index (χ0v) is 22.0. The zero-order chi connectivity index (χ0) is 31.7. The Bertz CT molecular complexity index is 1720. The Balaban J connectivity index is 1.48. The maximum absolute atomic E-state index is 15.0. The van der Waals surface area contributed by atoms with Crippen LogP contribution in [0.1, 0.15) is 24.5 Å². The summed E-state index contributed by atoms with van der Waals surface area (Å²) in [6, 6.07) is 2.59. The highest BCUT2D eigenvalue weighted by Gasteiger charge is 2.38. The monoisotopic (exact) mass is 618 g/mol. The number of aromatic nitrogens is 5. The number of nitrogens with one attached hydrogen (secondary N) is 2. The van der Waals surface area contributed by atoms with Crippen LogP contribution in [-0.2, 0) is 19.1 Å². The lowest BCUT2D eigenvalue weighted by molar-refractivity contribution is -0.203. The molecule has 0 aliphatic heterocycles. The number of aromatic amines is 1. The summed E-state index contributed by atoms with van der Waals surface area (Å²) < 4.78 is 108. The maximum Gasteiger partial charge on any atom is 0.423 e. The van der Waals surface area contributed by atoms with Crippen LogP contribution in [0.5, 0.6) is 0 Å². The van der Waals surface area contributed by atoms with Gasteiger partial charge < -0.3 is 15.0 Å². The molecule has 0 aliphatic carbocycles. The number of fused-ring (bicyclic) bond motifs is 1. The van der Waals surface area contributed by atoms with Gasteiger partial charge in [-0.25, -0.2) is 23.8 Å². The highest BCUT2D eigenvalue weighted by molar-refractivity contribution is 5.86. The molecule has 0 fully saturated rings. The van der Waals surface area contributed by atoms with Crippen molar-refractivity contribution in [2.75, 3.05) is 5.32 Å². The van der Waals surface area contributed by atoms with E-state index in [-0.39, 0.29) is 34.1 Å². The van der Waals surface area contributed by atoms with Crippen LogP contribution in [-0.4, -0.2) is 54.3 Å². The number of halogens is 8. The molecule has 230 valence electrons. The van der Waals surface area contributed by atoms with Gasteiger partial charge in [-0.1, -0.05) is 0 Å².